The van der Waals surface area contributed by atoms with Crippen LogP contribution in [-0.4, -0.2) is 174 Å². The predicted molar refractivity (Wildman–Crippen MR) is 283 cm³/mol. The molecular weight excluding hydrogens is 1050 g/mol. The van der Waals surface area contributed by atoms with Crippen molar-refractivity contribution in [1.82, 2.24) is 47.5 Å². The number of thiol groups is 2. The van der Waals surface area contributed by atoms with Crippen molar-refractivity contribution in [2.24, 2.45) is 11.7 Å². The van der Waals surface area contributed by atoms with Gasteiger partial charge in [-0.25, -0.2) is 4.79 Å². The number of aromatic nitrogens is 1. The number of carboxylic acids is 3. The first-order chi connectivity index (χ1) is 36.4. The molecule has 0 fully saturated rings. The largest absolute Gasteiger partial charge is 0.481 e. The summed E-state index contributed by atoms with van der Waals surface area (Å²) in [6.45, 7) is 3.28. The lowest BCUT2D eigenvalue weighted by atomic mass is 9.97. The van der Waals surface area contributed by atoms with Crippen molar-refractivity contribution in [2.75, 3.05) is 18.1 Å². The minimum atomic E-state index is -1.79. The number of para-hydroxylation sites is 1. The number of carbonyl (C=O) groups excluding carboxylic acids is 8. The molecule has 3 rings (SSSR count). The number of nitrogens with one attached hydrogen (secondary N) is 9. The van der Waals surface area contributed by atoms with Crippen molar-refractivity contribution < 1.29 is 78.3 Å². The zero-order chi connectivity index (χ0) is 57.5. The molecule has 0 bridgehead atoms. The van der Waals surface area contributed by atoms with Crippen molar-refractivity contribution in [2.45, 2.75) is 126 Å². The molecule has 0 unspecified atom stereocenters. The summed E-state index contributed by atoms with van der Waals surface area (Å²) in [4.78, 5) is 147. The molecule has 2 aromatic carbocycles. The van der Waals surface area contributed by atoms with Crippen LogP contribution in [0.2, 0.25) is 0 Å². The van der Waals surface area contributed by atoms with Gasteiger partial charge in [-0.3, -0.25) is 47.9 Å². The van der Waals surface area contributed by atoms with Crippen LogP contribution in [0.4, 0.5) is 0 Å². The summed E-state index contributed by atoms with van der Waals surface area (Å²) in [5.74, 6) is -13.9. The molecule has 1 heterocycles. The van der Waals surface area contributed by atoms with Gasteiger partial charge < -0.3 is 78.8 Å². The van der Waals surface area contributed by atoms with E-state index in [1.54, 1.807) is 50.4 Å². The number of nitrogens with two attached hydrogens (primary N) is 1. The fourth-order valence-corrected chi connectivity index (χ4v) is 8.07. The quantitative estimate of drug-likeness (QED) is 0.0275. The maximum atomic E-state index is 14.1. The van der Waals surface area contributed by atoms with Crippen LogP contribution in [0.3, 0.4) is 0 Å². The van der Waals surface area contributed by atoms with E-state index >= 15 is 0 Å². The van der Waals surface area contributed by atoms with Gasteiger partial charge in [0.15, 0.2) is 0 Å². The van der Waals surface area contributed by atoms with Crippen LogP contribution >= 0.6 is 25.3 Å². The van der Waals surface area contributed by atoms with Gasteiger partial charge >= 0.3 is 17.9 Å². The molecule has 8 amide bonds. The molecule has 0 aliphatic carbocycles. The molecule has 422 valence electrons. The third kappa shape index (κ3) is 20.3. The van der Waals surface area contributed by atoms with E-state index in [1.165, 1.54) is 0 Å². The number of rotatable bonds is 33. The number of benzene rings is 2. The molecule has 0 spiro atoms. The van der Waals surface area contributed by atoms with E-state index in [4.69, 9.17) is 5.73 Å². The number of aliphatic hydroxyl groups excluding tert-OH is 2. The van der Waals surface area contributed by atoms with Gasteiger partial charge in [0.05, 0.1) is 18.8 Å². The first kappa shape index (κ1) is 64.0. The minimum absolute atomic E-state index is 0.0445. The van der Waals surface area contributed by atoms with Crippen LogP contribution in [0.1, 0.15) is 64.0 Å². The van der Waals surface area contributed by atoms with Crippen LogP contribution < -0.4 is 48.3 Å². The highest BCUT2D eigenvalue weighted by Gasteiger charge is 2.37. The SMILES string of the molecule is CC[C@H](C)[C@H](NC(=O)[C@H](CO)NC(=O)[C@H](Cc1ccccc1)NC(=O)[C@H](CCC(=O)O)NC(=O)[C@@H](N)Cc1c[nH]c2ccccc12)C(=O)N[C@@H](CS)C(=O)N[C@@H](CCC(=O)O)C(=O)N[C@H](C(=O)N[C@@H](CS)C(=O)O)[C@@H](C)O. The lowest BCUT2D eigenvalue weighted by molar-refractivity contribution is -0.142. The lowest BCUT2D eigenvalue weighted by Crippen LogP contribution is -2.62. The van der Waals surface area contributed by atoms with E-state index in [-0.39, 0.29) is 25.0 Å². The van der Waals surface area contributed by atoms with Crippen molar-refractivity contribution in [1.29, 1.82) is 0 Å². The fourth-order valence-electron chi connectivity index (χ4n) is 7.57. The topological polar surface area (TPSA) is 427 Å². The van der Waals surface area contributed by atoms with E-state index in [0.29, 0.717) is 11.1 Å². The number of carboxylic acid groups (broad SMARTS) is 3. The maximum absolute atomic E-state index is 14.1. The second-order valence-corrected chi connectivity index (χ2v) is 18.8. The zero-order valence-electron chi connectivity index (χ0n) is 42.4. The number of hydrogen-bond donors (Lipinski definition) is 17. The van der Waals surface area contributed by atoms with Crippen molar-refractivity contribution in [3.8, 4) is 0 Å². The molecule has 0 aliphatic rings. The van der Waals surface area contributed by atoms with Gasteiger partial charge in [-0.2, -0.15) is 25.3 Å². The molecule has 11 atom stereocenters. The maximum Gasteiger partial charge on any atom is 0.327 e. The molecule has 26 nitrogen and oxygen atoms in total. The van der Waals surface area contributed by atoms with E-state index < -0.39 is 170 Å². The molecule has 0 saturated carbocycles. The Bertz CT molecular complexity index is 2550. The van der Waals surface area contributed by atoms with Crippen LogP contribution in [0.15, 0.2) is 60.8 Å². The van der Waals surface area contributed by atoms with Gasteiger partial charge in [-0.1, -0.05) is 68.8 Å². The number of amides is 8. The fraction of sp³-hybridized carbons (Fsp3) is 0.490. The normalized spacial score (nSPS) is 15.4. The van der Waals surface area contributed by atoms with Gasteiger partial charge in [0.1, 0.15) is 48.3 Å². The Morgan fingerprint density at radius 3 is 1.56 bits per heavy atom. The standard InChI is InChI=1S/C49H68N10O16S2/c1-4-24(2)39(47(72)56-35(22-76)46(71)53-32(15-17-38(64)65)43(68)59-40(25(3)61)48(73)57-36(23-77)49(74)75)58-45(70)34(21-60)55-44(69)33(18-26-10-6-5-7-11-26)54-42(67)31(14-16-37(62)63)52-41(66)29(50)19-27-20-51-30-13-9-8-12-28(27)30/h5-13,20,24-25,29,31-36,39-40,51,60-61,76-77H,4,14-19,21-23,50H2,1-3H3,(H,52,66)(H,53,71)(H,54,67)(H,55,69)(H,56,72)(H,57,73)(H,58,70)(H,59,68)(H,62,63)(H,64,65)(H,74,75)/t24-,25+,29-,31-,32-,33-,34-,35-,36-,39-,40-/m0/s1. The van der Waals surface area contributed by atoms with Gasteiger partial charge in [-0.05, 0) is 49.3 Å². The number of aliphatic hydroxyl groups is 2. The smallest absolute Gasteiger partial charge is 0.327 e. The van der Waals surface area contributed by atoms with Gasteiger partial charge in [-0.15, -0.1) is 0 Å². The summed E-state index contributed by atoms with van der Waals surface area (Å²) < 4.78 is 0. The van der Waals surface area contributed by atoms with Crippen LogP contribution in [0.5, 0.6) is 0 Å². The van der Waals surface area contributed by atoms with Crippen molar-refractivity contribution in [3.05, 3.63) is 71.9 Å². The lowest BCUT2D eigenvalue weighted by Gasteiger charge is -2.29. The van der Waals surface area contributed by atoms with Gasteiger partial charge in [0.2, 0.25) is 47.3 Å². The van der Waals surface area contributed by atoms with Crippen LogP contribution in [0, 0.1) is 5.92 Å². The first-order valence-electron chi connectivity index (χ1n) is 24.4. The Morgan fingerprint density at radius 2 is 1.01 bits per heavy atom. The van der Waals surface area contributed by atoms with Crippen LogP contribution in [-0.2, 0) is 65.6 Å². The molecule has 0 aliphatic heterocycles. The highest BCUT2D eigenvalue weighted by molar-refractivity contribution is 7.80. The number of carbonyl (C=O) groups is 11. The average molecular weight is 1120 g/mol. The molecule has 0 radical (unpaired) electrons. The Hall–Kier alpha value is -7.27. The molecular formula is C49H68N10O16S2. The van der Waals surface area contributed by atoms with E-state index in [0.717, 1.165) is 17.8 Å². The van der Waals surface area contributed by atoms with E-state index in [1.807, 2.05) is 24.3 Å². The molecule has 28 heteroatoms. The third-order valence-electron chi connectivity index (χ3n) is 12.2. The average Bonchev–Trinajstić information content (AvgIpc) is 3.80. The number of H-pyrrole nitrogens is 1. The number of aliphatic carboxylic acids is 3. The molecule has 77 heavy (non-hydrogen) atoms. The molecule has 1 aromatic heterocycles. The molecule has 0 saturated heterocycles. The zero-order valence-corrected chi connectivity index (χ0v) is 44.2. The Kier molecular flexibility index (Phi) is 26.4. The van der Waals surface area contributed by atoms with Gasteiger partial charge in [0.25, 0.3) is 0 Å². The summed E-state index contributed by atoms with van der Waals surface area (Å²) in [7, 11) is 0. The Balaban J connectivity index is 1.80. The summed E-state index contributed by atoms with van der Waals surface area (Å²) in [5, 5.41) is 68.6. The Labute approximate surface area is 453 Å². The first-order valence-corrected chi connectivity index (χ1v) is 25.7. The van der Waals surface area contributed by atoms with Crippen molar-refractivity contribution >= 4 is 101 Å². The second-order valence-electron chi connectivity index (χ2n) is 18.1. The van der Waals surface area contributed by atoms with Gasteiger partial charge in [0, 0.05) is 47.9 Å². The number of hydrogen-bond acceptors (Lipinski definition) is 16. The predicted octanol–water partition coefficient (Wildman–Crippen LogP) is -2.75. The minimum Gasteiger partial charge on any atom is -0.481 e. The summed E-state index contributed by atoms with van der Waals surface area (Å²) >= 11 is 8.02. The van der Waals surface area contributed by atoms with E-state index in [9.17, 15) is 78.3 Å². The summed E-state index contributed by atoms with van der Waals surface area (Å²) in [6.07, 6.45) is -2.11. The summed E-state index contributed by atoms with van der Waals surface area (Å²) in [6, 6.07) is 1.50. The van der Waals surface area contributed by atoms with Crippen molar-refractivity contribution in [3.63, 3.8) is 0 Å². The van der Waals surface area contributed by atoms with E-state index in [2.05, 4.69) is 72.8 Å². The monoisotopic (exact) mass is 1120 g/mol. The summed E-state index contributed by atoms with van der Waals surface area (Å²) in [5.41, 5.74) is 8.29. The highest BCUT2D eigenvalue weighted by Crippen LogP contribution is 2.19. The molecule has 3 aromatic rings. The number of fused-ring (bicyclic) bond motifs is 1. The Morgan fingerprint density at radius 1 is 0.558 bits per heavy atom. The second kappa shape index (κ2) is 31.7. The highest BCUT2D eigenvalue weighted by atomic mass is 32.1. The molecule has 16 N–H and O–H groups in total. The third-order valence-corrected chi connectivity index (χ3v) is 12.9. The van der Waals surface area contributed by atoms with Crippen LogP contribution in [0.25, 0.3) is 10.9 Å². The number of aromatic amines is 1.